The summed E-state index contributed by atoms with van der Waals surface area (Å²) >= 11 is 3.16. The van der Waals surface area contributed by atoms with Crippen LogP contribution < -0.4 is 9.80 Å². The molecule has 2 aromatic carbocycles. The van der Waals surface area contributed by atoms with Crippen molar-refractivity contribution in [2.24, 2.45) is 0 Å². The van der Waals surface area contributed by atoms with Crippen molar-refractivity contribution in [3.63, 3.8) is 0 Å². The topological polar surface area (TPSA) is 53.5 Å². The smallest absolute Gasteiger partial charge is 0.251 e. The second kappa shape index (κ2) is 9.28. The Kier molecular flexibility index (Phi) is 6.30. The van der Waals surface area contributed by atoms with Crippen LogP contribution in [0.1, 0.15) is 19.0 Å². The number of carbonyl (C=O) groups is 2. The fourth-order valence-electron chi connectivity index (χ4n) is 3.26. The van der Waals surface area contributed by atoms with E-state index >= 15 is 0 Å². The highest BCUT2D eigenvalue weighted by molar-refractivity contribution is 7.99. The molecule has 1 aliphatic heterocycles. The Bertz CT molecular complexity index is 1080. The van der Waals surface area contributed by atoms with Crippen LogP contribution >= 0.6 is 23.1 Å². The maximum Gasteiger partial charge on any atom is 0.251 e. The molecule has 0 unspecified atom stereocenters. The molecule has 0 radical (unpaired) electrons. The zero-order chi connectivity index (χ0) is 20.9. The molecule has 2 amide bonds. The van der Waals surface area contributed by atoms with E-state index in [2.05, 4.69) is 11.1 Å². The molecule has 152 valence electrons. The molecule has 0 fully saturated rings. The third-order valence-electron chi connectivity index (χ3n) is 4.63. The van der Waals surface area contributed by atoms with E-state index in [4.69, 9.17) is 0 Å². The summed E-state index contributed by atoms with van der Waals surface area (Å²) in [4.78, 5) is 34.2. The normalized spacial score (nSPS) is 13.7. The molecule has 1 aromatic heterocycles. The fraction of sp³-hybridized carbons (Fsp3) is 0.174. The van der Waals surface area contributed by atoms with Crippen molar-refractivity contribution in [3.05, 3.63) is 71.7 Å². The second-order valence-electron chi connectivity index (χ2n) is 6.74. The summed E-state index contributed by atoms with van der Waals surface area (Å²) in [6.45, 7) is 2.21. The Hall–Kier alpha value is -2.90. The van der Waals surface area contributed by atoms with E-state index in [1.165, 1.54) is 18.3 Å². The first-order valence-corrected chi connectivity index (χ1v) is 11.5. The molecule has 30 heavy (non-hydrogen) atoms. The summed E-state index contributed by atoms with van der Waals surface area (Å²) in [6.07, 6.45) is 4.23. The number of amides is 2. The molecule has 0 spiro atoms. The fourth-order valence-corrected chi connectivity index (χ4v) is 5.11. The highest BCUT2D eigenvalue weighted by atomic mass is 32.2. The molecule has 0 bridgehead atoms. The lowest BCUT2D eigenvalue weighted by Gasteiger charge is -2.20. The molecule has 7 heteroatoms. The number of hydrogen-bond acceptors (Lipinski definition) is 5. The van der Waals surface area contributed by atoms with Crippen molar-refractivity contribution in [1.29, 1.82) is 0 Å². The molecule has 4 rings (SSSR count). The van der Waals surface area contributed by atoms with Crippen molar-refractivity contribution >= 4 is 57.5 Å². The zero-order valence-electron chi connectivity index (χ0n) is 16.5. The number of carbonyl (C=O) groups excluding carboxylic acids is 2. The maximum atomic E-state index is 12.9. The molecular weight excluding hydrogens is 414 g/mol. The Balaban J connectivity index is 1.54. The van der Waals surface area contributed by atoms with Crippen molar-refractivity contribution in [3.8, 4) is 0 Å². The lowest BCUT2D eigenvalue weighted by atomic mass is 10.2. The van der Waals surface area contributed by atoms with Gasteiger partial charge in [0, 0.05) is 29.8 Å². The minimum atomic E-state index is -0.110. The Morgan fingerprint density at radius 3 is 2.67 bits per heavy atom. The van der Waals surface area contributed by atoms with Gasteiger partial charge < -0.3 is 4.90 Å². The number of nitrogens with zero attached hydrogens (tertiary/aromatic N) is 3. The van der Waals surface area contributed by atoms with Gasteiger partial charge in [-0.1, -0.05) is 30.3 Å². The standard InChI is InChI=1S/C23H21N3O2S2/c1-17(27)26(19-8-3-2-4-9-19)23-24-18(16-30-23)12-13-22(28)25-14-7-15-29-21-11-6-5-10-20(21)25/h2-6,8-13,16H,7,14-15H2,1H3/b13-12+. The number of thioether (sulfide) groups is 1. The predicted molar refractivity (Wildman–Crippen MR) is 125 cm³/mol. The number of anilines is 3. The van der Waals surface area contributed by atoms with Gasteiger partial charge in [0.2, 0.25) is 5.91 Å². The average Bonchev–Trinajstić information content (AvgIpc) is 3.10. The van der Waals surface area contributed by atoms with E-state index < -0.39 is 0 Å². The Morgan fingerprint density at radius 1 is 1.10 bits per heavy atom. The number of hydrogen-bond donors (Lipinski definition) is 0. The minimum absolute atomic E-state index is 0.0639. The van der Waals surface area contributed by atoms with Gasteiger partial charge in [-0.25, -0.2) is 4.98 Å². The number of thiazole rings is 1. The SMILES string of the molecule is CC(=O)N(c1ccccc1)c1nc(/C=C/C(=O)N2CCCSc3ccccc32)cs1. The van der Waals surface area contributed by atoms with Crippen LogP contribution in [0.3, 0.4) is 0 Å². The van der Waals surface area contributed by atoms with E-state index in [1.807, 2.05) is 58.8 Å². The van der Waals surface area contributed by atoms with Gasteiger partial charge in [0.1, 0.15) is 0 Å². The van der Waals surface area contributed by atoms with Crippen LogP contribution in [0, 0.1) is 0 Å². The zero-order valence-corrected chi connectivity index (χ0v) is 18.2. The predicted octanol–water partition coefficient (Wildman–Crippen LogP) is 5.37. The molecule has 5 nitrogen and oxygen atoms in total. The van der Waals surface area contributed by atoms with Crippen LogP contribution in [0.2, 0.25) is 0 Å². The van der Waals surface area contributed by atoms with Crippen molar-refractivity contribution < 1.29 is 9.59 Å². The minimum Gasteiger partial charge on any atom is -0.308 e. The van der Waals surface area contributed by atoms with E-state index in [0.717, 1.165) is 28.4 Å². The molecule has 0 saturated carbocycles. The third kappa shape index (κ3) is 4.47. The summed E-state index contributed by atoms with van der Waals surface area (Å²) in [7, 11) is 0. The lowest BCUT2D eigenvalue weighted by molar-refractivity contribution is -0.116. The van der Waals surface area contributed by atoms with E-state index in [9.17, 15) is 9.59 Å². The maximum absolute atomic E-state index is 12.9. The molecule has 0 N–H and O–H groups in total. The Morgan fingerprint density at radius 2 is 1.87 bits per heavy atom. The van der Waals surface area contributed by atoms with E-state index in [0.29, 0.717) is 17.4 Å². The van der Waals surface area contributed by atoms with Gasteiger partial charge in [-0.15, -0.1) is 23.1 Å². The summed E-state index contributed by atoms with van der Waals surface area (Å²) < 4.78 is 0. The summed E-state index contributed by atoms with van der Waals surface area (Å²) in [5, 5.41) is 2.43. The monoisotopic (exact) mass is 435 g/mol. The van der Waals surface area contributed by atoms with Gasteiger partial charge in [0.15, 0.2) is 5.13 Å². The molecule has 0 aliphatic carbocycles. The lowest BCUT2D eigenvalue weighted by Crippen LogP contribution is -2.30. The van der Waals surface area contributed by atoms with Crippen LogP contribution in [0.5, 0.6) is 0 Å². The van der Waals surface area contributed by atoms with Crippen molar-refractivity contribution in [1.82, 2.24) is 4.98 Å². The number of aromatic nitrogens is 1. The third-order valence-corrected chi connectivity index (χ3v) is 6.63. The van der Waals surface area contributed by atoms with Crippen LogP contribution in [0.15, 0.2) is 70.9 Å². The van der Waals surface area contributed by atoms with Gasteiger partial charge in [-0.05, 0) is 42.5 Å². The highest BCUT2D eigenvalue weighted by Crippen LogP contribution is 2.34. The molecule has 0 atom stereocenters. The largest absolute Gasteiger partial charge is 0.308 e. The molecule has 1 aliphatic rings. The first-order valence-electron chi connectivity index (χ1n) is 9.66. The van der Waals surface area contributed by atoms with Crippen LogP contribution in [0.4, 0.5) is 16.5 Å². The van der Waals surface area contributed by atoms with Crippen molar-refractivity contribution in [2.75, 3.05) is 22.1 Å². The van der Waals surface area contributed by atoms with E-state index in [1.54, 1.807) is 28.8 Å². The molecule has 2 heterocycles. The number of para-hydroxylation sites is 2. The van der Waals surface area contributed by atoms with Crippen LogP contribution in [-0.2, 0) is 9.59 Å². The quantitative estimate of drug-likeness (QED) is 0.517. The number of fused-ring (bicyclic) bond motifs is 1. The van der Waals surface area contributed by atoms with Gasteiger partial charge in [0.25, 0.3) is 5.91 Å². The summed E-state index contributed by atoms with van der Waals surface area (Å²) in [5.41, 5.74) is 2.38. The van der Waals surface area contributed by atoms with E-state index in [-0.39, 0.29) is 11.8 Å². The number of benzene rings is 2. The highest BCUT2D eigenvalue weighted by Gasteiger charge is 2.20. The van der Waals surface area contributed by atoms with Gasteiger partial charge in [0.05, 0.1) is 17.1 Å². The average molecular weight is 436 g/mol. The van der Waals surface area contributed by atoms with Crippen molar-refractivity contribution in [2.45, 2.75) is 18.2 Å². The van der Waals surface area contributed by atoms with Crippen LogP contribution in [0.25, 0.3) is 6.08 Å². The number of rotatable bonds is 4. The summed E-state index contributed by atoms with van der Waals surface area (Å²) in [5.74, 6) is 0.826. The molecular formula is C23H21N3O2S2. The Labute approximate surface area is 184 Å². The molecule has 0 saturated heterocycles. The van der Waals surface area contributed by atoms with Gasteiger partial charge in [-0.2, -0.15) is 0 Å². The van der Waals surface area contributed by atoms with Crippen LogP contribution in [-0.4, -0.2) is 29.1 Å². The van der Waals surface area contributed by atoms with Gasteiger partial charge >= 0.3 is 0 Å². The van der Waals surface area contributed by atoms with Gasteiger partial charge in [-0.3, -0.25) is 14.5 Å². The second-order valence-corrected chi connectivity index (χ2v) is 8.71. The first kappa shape index (κ1) is 20.4. The first-order chi connectivity index (χ1) is 14.6. The molecule has 3 aromatic rings. The summed E-state index contributed by atoms with van der Waals surface area (Å²) in [6, 6.07) is 17.4.